The maximum Gasteiger partial charge on any atom is 0.276 e. The fourth-order valence-electron chi connectivity index (χ4n) is 8.28. The predicted molar refractivity (Wildman–Crippen MR) is 240 cm³/mol. The molecule has 0 aliphatic carbocycles. The van der Waals surface area contributed by atoms with Crippen molar-refractivity contribution < 1.29 is 42.7 Å². The summed E-state index contributed by atoms with van der Waals surface area (Å²) in [5.74, 6) is -3.17. The van der Waals surface area contributed by atoms with Crippen LogP contribution in [0.25, 0.3) is 0 Å². The highest BCUT2D eigenvalue weighted by atomic mass is 35.5. The first-order chi connectivity index (χ1) is 31.0. The molecule has 20 heteroatoms. The monoisotopic (exact) mass is 946 g/mol. The van der Waals surface area contributed by atoms with Gasteiger partial charge in [-0.3, -0.25) is 43.8 Å². The fourth-order valence-corrected chi connectivity index (χ4v) is 10.0. The molecule has 0 bridgehead atoms. The van der Waals surface area contributed by atoms with Crippen molar-refractivity contribution in [1.29, 1.82) is 0 Å². The lowest BCUT2D eigenvalue weighted by Gasteiger charge is -2.44. The lowest BCUT2D eigenvalue weighted by Crippen LogP contribution is -2.59. The second-order valence-electron chi connectivity index (χ2n) is 16.0. The van der Waals surface area contributed by atoms with Crippen molar-refractivity contribution >= 4 is 87.8 Å². The Kier molecular flexibility index (Phi) is 14.4. The summed E-state index contributed by atoms with van der Waals surface area (Å²) in [7, 11) is 0. The summed E-state index contributed by atoms with van der Waals surface area (Å²) < 4.78 is 20.0. The van der Waals surface area contributed by atoms with Crippen LogP contribution in [-0.4, -0.2) is 103 Å². The van der Waals surface area contributed by atoms with Crippen LogP contribution in [-0.2, 0) is 14.4 Å². The van der Waals surface area contributed by atoms with E-state index in [-0.39, 0.29) is 80.7 Å². The maximum atomic E-state index is 14.1. The molecule has 4 atom stereocenters. The normalized spacial score (nSPS) is 18.9. The van der Waals surface area contributed by atoms with Gasteiger partial charge in [-0.15, -0.1) is 22.0 Å². The molecule has 0 radical (unpaired) electrons. The number of fused-ring (bicyclic) bond motifs is 1. The van der Waals surface area contributed by atoms with Crippen molar-refractivity contribution in [2.75, 3.05) is 29.9 Å². The number of carbonyl (C=O) groups excluding carboxylic acids is 7. The number of nitrogens with one attached hydrogen (secondary N) is 2. The third kappa shape index (κ3) is 10.1. The van der Waals surface area contributed by atoms with E-state index in [1.165, 1.54) is 23.9 Å². The van der Waals surface area contributed by atoms with Crippen LogP contribution >= 0.6 is 35.0 Å². The van der Waals surface area contributed by atoms with Gasteiger partial charge in [-0.05, 0) is 94.3 Å². The summed E-state index contributed by atoms with van der Waals surface area (Å²) in [6.07, 6.45) is 1.77. The van der Waals surface area contributed by atoms with Gasteiger partial charge >= 0.3 is 0 Å². The predicted octanol–water partition coefficient (Wildman–Crippen LogP) is 6.71. The number of nitrogens with zero attached hydrogens (tertiary/aromatic N) is 5. The Morgan fingerprint density at radius 1 is 0.969 bits per heavy atom. The van der Waals surface area contributed by atoms with Crippen LogP contribution in [0.4, 0.5) is 15.9 Å². The Bertz CT molecular complexity index is 2570. The quantitative estimate of drug-likeness (QED) is 0.0521. The molecule has 3 aromatic carbocycles. The summed E-state index contributed by atoms with van der Waals surface area (Å²) in [5.41, 5.74) is 7.31. The highest BCUT2D eigenvalue weighted by Gasteiger charge is 2.45. The smallest absolute Gasteiger partial charge is 0.276 e. The number of halogens is 3. The van der Waals surface area contributed by atoms with Crippen molar-refractivity contribution in [2.45, 2.75) is 88.4 Å². The topological polar surface area (TPSA) is 214 Å². The number of hydrogen-bond donors (Lipinski definition) is 3. The lowest BCUT2D eigenvalue weighted by atomic mass is 10.0. The fraction of sp³-hybridized carbons (Fsp3) is 0.356. The number of thioether (sulfide) groups is 1. The Balaban J connectivity index is 0.857. The second-order valence-corrected chi connectivity index (χ2v) is 17.9. The van der Waals surface area contributed by atoms with Crippen molar-refractivity contribution in [1.82, 2.24) is 30.2 Å². The molecule has 65 heavy (non-hydrogen) atoms. The zero-order valence-electron chi connectivity index (χ0n) is 35.6. The number of unbranched alkanes of at least 4 members (excludes halogenated alkanes) is 2. The number of amides is 7. The summed E-state index contributed by atoms with van der Waals surface area (Å²) in [5, 5.41) is 12.6. The van der Waals surface area contributed by atoms with E-state index in [1.807, 2.05) is 18.7 Å². The second kappa shape index (κ2) is 20.0. The lowest BCUT2D eigenvalue weighted by molar-refractivity contribution is -0.139. The van der Waals surface area contributed by atoms with Crippen LogP contribution < -0.4 is 21.1 Å². The largest absolute Gasteiger partial charge is 0.482 e. The Morgan fingerprint density at radius 2 is 1.69 bits per heavy atom. The van der Waals surface area contributed by atoms with Gasteiger partial charge < -0.3 is 25.6 Å². The molecule has 0 spiro atoms. The molecule has 3 aliphatic rings. The number of nitrogens with two attached hydrogens (primary N) is 1. The standard InChI is InChI=1S/C45H45Cl2FN8O8S/c1-23-21-54(43(61)26-11-13-27(14-12-26)50-41(59)31-20-33(40(49)53-52-31)64-25(3)37-29(46)15-16-30(48)39(37)47)22-24(2)55(23)36(58)10-5-4-6-19-65-34-9-7-8-28-38(34)45(63)56(44(28)62)32-17-18-35(57)51-42(32)60/h7-9,11-16,20,23-25,32H,4-6,10,17-19,21-22H2,1-3H3,(H2,49,53)(H,50,59)(H,51,57,60)/t23-,24+,25?,32?. The number of hydrogen-bond acceptors (Lipinski definition) is 12. The van der Waals surface area contributed by atoms with Crippen LogP contribution in [0.1, 0.15) is 113 Å². The molecule has 2 unspecified atom stereocenters. The summed E-state index contributed by atoms with van der Waals surface area (Å²) in [4.78, 5) is 96.0. The number of rotatable bonds is 14. The Hall–Kier alpha value is -6.11. The molecule has 7 rings (SSSR count). The van der Waals surface area contributed by atoms with E-state index in [9.17, 15) is 38.0 Å². The maximum absolute atomic E-state index is 14.1. The highest BCUT2D eigenvalue weighted by Crippen LogP contribution is 2.37. The molecule has 2 saturated heterocycles. The Morgan fingerprint density at radius 3 is 2.40 bits per heavy atom. The molecule has 340 valence electrons. The molecule has 4 N–H and O–H groups in total. The first kappa shape index (κ1) is 46.9. The first-order valence-corrected chi connectivity index (χ1v) is 22.7. The number of carbonyl (C=O) groups is 7. The van der Waals surface area contributed by atoms with E-state index in [4.69, 9.17) is 33.7 Å². The van der Waals surface area contributed by atoms with Gasteiger partial charge in [0, 0.05) is 70.8 Å². The van der Waals surface area contributed by atoms with Gasteiger partial charge in [0.1, 0.15) is 18.0 Å². The number of piperazine rings is 1. The molecule has 1 aromatic heterocycles. The number of benzene rings is 3. The molecule has 4 aromatic rings. The SMILES string of the molecule is CC(Oc1cc(C(=O)Nc2ccc(C(=O)N3C[C@@H](C)N(C(=O)CCCCCSc4cccc5c4C(=O)N(C4CCC(=O)NC4=O)C5=O)[C@@H](C)C3)cc2)nnc1N)c1c(Cl)ccc(F)c1Cl. The van der Waals surface area contributed by atoms with Crippen molar-refractivity contribution in [3.8, 4) is 5.75 Å². The van der Waals surface area contributed by atoms with Crippen LogP contribution in [0.5, 0.6) is 5.75 Å². The molecular weight excluding hydrogens is 903 g/mol. The highest BCUT2D eigenvalue weighted by molar-refractivity contribution is 7.99. The van der Waals surface area contributed by atoms with E-state index in [0.717, 1.165) is 23.8 Å². The van der Waals surface area contributed by atoms with Gasteiger partial charge in [0.15, 0.2) is 17.3 Å². The molecular formula is C45H45Cl2FN8O8S. The third-order valence-electron chi connectivity index (χ3n) is 11.4. The van der Waals surface area contributed by atoms with E-state index >= 15 is 0 Å². The summed E-state index contributed by atoms with van der Waals surface area (Å²) in [6, 6.07) is 13.7. The minimum Gasteiger partial charge on any atom is -0.482 e. The van der Waals surface area contributed by atoms with Gasteiger partial charge in [-0.1, -0.05) is 35.7 Å². The summed E-state index contributed by atoms with van der Waals surface area (Å²) in [6.45, 7) is 6.09. The number of imide groups is 2. The van der Waals surface area contributed by atoms with Gasteiger partial charge in [0.05, 0.1) is 16.1 Å². The third-order valence-corrected chi connectivity index (χ3v) is 13.3. The molecule has 7 amide bonds. The molecule has 16 nitrogen and oxygen atoms in total. The number of ether oxygens (including phenoxy) is 1. The van der Waals surface area contributed by atoms with Crippen molar-refractivity contribution in [2.24, 2.45) is 0 Å². The number of aromatic nitrogens is 2. The number of anilines is 2. The van der Waals surface area contributed by atoms with E-state index in [2.05, 4.69) is 20.8 Å². The molecule has 3 aliphatic heterocycles. The Labute approximate surface area is 387 Å². The number of piperidine rings is 1. The van der Waals surface area contributed by atoms with Gasteiger partial charge in [-0.2, -0.15) is 0 Å². The zero-order chi connectivity index (χ0) is 46.7. The van der Waals surface area contributed by atoms with E-state index in [0.29, 0.717) is 47.8 Å². The average molecular weight is 948 g/mol. The number of nitrogen functional groups attached to an aromatic ring is 1. The van der Waals surface area contributed by atoms with Gasteiger partial charge in [0.25, 0.3) is 23.6 Å². The van der Waals surface area contributed by atoms with Crippen LogP contribution in [0.3, 0.4) is 0 Å². The molecule has 2 fully saturated rings. The van der Waals surface area contributed by atoms with E-state index in [1.54, 1.807) is 54.3 Å². The van der Waals surface area contributed by atoms with Crippen LogP contribution in [0.2, 0.25) is 10.0 Å². The van der Waals surface area contributed by atoms with Gasteiger partial charge in [0.2, 0.25) is 17.7 Å². The molecule has 4 heterocycles. The minimum absolute atomic E-state index is 0.00254. The summed E-state index contributed by atoms with van der Waals surface area (Å²) >= 11 is 13.8. The van der Waals surface area contributed by atoms with Crippen molar-refractivity contribution in [3.63, 3.8) is 0 Å². The van der Waals surface area contributed by atoms with Crippen LogP contribution in [0, 0.1) is 5.82 Å². The zero-order valence-corrected chi connectivity index (χ0v) is 37.9. The first-order valence-electron chi connectivity index (χ1n) is 21.0. The van der Waals surface area contributed by atoms with E-state index < -0.39 is 47.5 Å². The molecule has 0 saturated carbocycles. The van der Waals surface area contributed by atoms with Crippen molar-refractivity contribution in [3.05, 3.63) is 104 Å². The van der Waals surface area contributed by atoms with Crippen LogP contribution in [0.15, 0.2) is 65.6 Å². The minimum atomic E-state index is -1.03. The average Bonchev–Trinajstić information content (AvgIpc) is 3.52. The van der Waals surface area contributed by atoms with Gasteiger partial charge in [-0.25, -0.2) is 4.39 Å².